The minimum Gasteiger partial charge on any atom is -0.396 e. The lowest BCUT2D eigenvalue weighted by Crippen LogP contribution is -1.96. The number of hydrogen-bond acceptors (Lipinski definition) is 4. The minimum atomic E-state index is -0.560. The smallest absolute Gasteiger partial charge is 0.292 e. The predicted molar refractivity (Wildman–Crippen MR) is 63.3 cm³/mol. The zero-order valence-corrected chi connectivity index (χ0v) is 9.15. The Labute approximate surface area is 97.3 Å². The van der Waals surface area contributed by atoms with Crippen LogP contribution in [0.15, 0.2) is 18.2 Å². The van der Waals surface area contributed by atoms with E-state index in [4.69, 9.17) is 22.4 Å². The summed E-state index contributed by atoms with van der Waals surface area (Å²) in [4.78, 5) is 10.1. The van der Waals surface area contributed by atoms with Crippen LogP contribution >= 0.6 is 11.6 Å². The van der Waals surface area contributed by atoms with Crippen molar-refractivity contribution in [3.63, 3.8) is 0 Å². The van der Waals surface area contributed by atoms with Gasteiger partial charge in [0.05, 0.1) is 9.95 Å². The van der Waals surface area contributed by atoms with E-state index >= 15 is 0 Å². The molecule has 1 aromatic rings. The summed E-state index contributed by atoms with van der Waals surface area (Å²) >= 11 is 5.87. The van der Waals surface area contributed by atoms with Crippen LogP contribution < -0.4 is 5.73 Å². The van der Waals surface area contributed by atoms with Gasteiger partial charge in [-0.3, -0.25) is 10.1 Å². The van der Waals surface area contributed by atoms with Crippen molar-refractivity contribution < 1.29 is 10.0 Å². The van der Waals surface area contributed by atoms with Gasteiger partial charge in [-0.25, -0.2) is 0 Å². The van der Waals surface area contributed by atoms with Gasteiger partial charge in [0.1, 0.15) is 5.69 Å². The molecule has 86 valence electrons. The third-order valence-corrected chi connectivity index (χ3v) is 2.26. The van der Waals surface area contributed by atoms with Gasteiger partial charge in [0.2, 0.25) is 0 Å². The predicted octanol–water partition coefficient (Wildman–Crippen LogP) is 2.23. The summed E-state index contributed by atoms with van der Waals surface area (Å²) in [5, 5.41) is 19.6. The number of nitro groups is 1. The molecule has 5 nitrogen and oxygen atoms in total. The maximum absolute atomic E-state index is 10.6. The molecule has 0 aliphatic carbocycles. The standard InChI is InChI=1S/C10H11ClN2O3/c11-8-6-9(12)10(13(15)16)5-7(8)3-1-2-4-14/h1,3,5-6,14H,2,4,12H2. The molecule has 3 N–H and O–H groups in total. The molecular formula is C10H11ClN2O3. The Morgan fingerprint density at radius 3 is 2.81 bits per heavy atom. The molecule has 0 aliphatic heterocycles. The summed E-state index contributed by atoms with van der Waals surface area (Å²) in [6, 6.07) is 2.66. The zero-order chi connectivity index (χ0) is 12.1. The van der Waals surface area contributed by atoms with E-state index in [2.05, 4.69) is 0 Å². The Hall–Kier alpha value is -1.59. The van der Waals surface area contributed by atoms with Crippen LogP contribution in [0.2, 0.25) is 5.02 Å². The van der Waals surface area contributed by atoms with Crippen molar-refractivity contribution in [1.82, 2.24) is 0 Å². The fraction of sp³-hybridized carbons (Fsp3) is 0.200. The number of nitrogen functional groups attached to an aromatic ring is 1. The number of rotatable bonds is 4. The number of aliphatic hydroxyl groups excluding tert-OH is 1. The number of aliphatic hydroxyl groups is 1. The number of halogens is 1. The summed E-state index contributed by atoms with van der Waals surface area (Å²) in [6.07, 6.45) is 3.76. The average Bonchev–Trinajstić information content (AvgIpc) is 2.21. The molecule has 0 atom stereocenters. The summed E-state index contributed by atoms with van der Waals surface area (Å²) in [5.41, 5.74) is 5.83. The van der Waals surface area contributed by atoms with Crippen LogP contribution in [0.4, 0.5) is 11.4 Å². The SMILES string of the molecule is Nc1cc(Cl)c(C=CCCO)cc1[N+](=O)[O-]. The number of nitrogens with two attached hydrogens (primary N) is 1. The van der Waals surface area contributed by atoms with Crippen molar-refractivity contribution in [2.75, 3.05) is 12.3 Å². The topological polar surface area (TPSA) is 89.4 Å². The Morgan fingerprint density at radius 1 is 1.56 bits per heavy atom. The molecule has 1 aromatic carbocycles. The lowest BCUT2D eigenvalue weighted by Gasteiger charge is -2.01. The van der Waals surface area contributed by atoms with Gasteiger partial charge in [-0.15, -0.1) is 0 Å². The molecule has 6 heteroatoms. The van der Waals surface area contributed by atoms with Gasteiger partial charge in [0.25, 0.3) is 5.69 Å². The van der Waals surface area contributed by atoms with Gasteiger partial charge in [0, 0.05) is 12.7 Å². The van der Waals surface area contributed by atoms with Crippen LogP contribution in [-0.4, -0.2) is 16.6 Å². The molecule has 0 spiro atoms. The zero-order valence-electron chi connectivity index (χ0n) is 8.39. The Balaban J connectivity index is 3.09. The van der Waals surface area contributed by atoms with Crippen molar-refractivity contribution in [1.29, 1.82) is 0 Å². The number of nitrogens with zero attached hydrogens (tertiary/aromatic N) is 1. The molecular weight excluding hydrogens is 232 g/mol. The second-order valence-corrected chi connectivity index (χ2v) is 3.51. The molecule has 0 radical (unpaired) electrons. The van der Waals surface area contributed by atoms with Crippen molar-refractivity contribution in [2.45, 2.75) is 6.42 Å². The van der Waals surface area contributed by atoms with E-state index in [1.165, 1.54) is 12.1 Å². The first-order valence-electron chi connectivity index (χ1n) is 4.57. The quantitative estimate of drug-likeness (QED) is 0.481. The normalized spacial score (nSPS) is 10.9. The summed E-state index contributed by atoms with van der Waals surface area (Å²) in [5.74, 6) is 0. The van der Waals surface area contributed by atoms with Crippen molar-refractivity contribution in [3.8, 4) is 0 Å². The van der Waals surface area contributed by atoms with E-state index in [1.807, 2.05) is 0 Å². The first-order chi connectivity index (χ1) is 7.56. The highest BCUT2D eigenvalue weighted by atomic mass is 35.5. The lowest BCUT2D eigenvalue weighted by molar-refractivity contribution is -0.383. The van der Waals surface area contributed by atoms with Crippen molar-refractivity contribution in [2.24, 2.45) is 0 Å². The van der Waals surface area contributed by atoms with Crippen LogP contribution in [-0.2, 0) is 0 Å². The van der Waals surface area contributed by atoms with Crippen LogP contribution in [0.3, 0.4) is 0 Å². The molecule has 1 rings (SSSR count). The summed E-state index contributed by atoms with van der Waals surface area (Å²) in [7, 11) is 0. The number of hydrogen-bond donors (Lipinski definition) is 2. The lowest BCUT2D eigenvalue weighted by atomic mass is 10.1. The maximum atomic E-state index is 10.6. The molecule has 0 aliphatic rings. The third kappa shape index (κ3) is 2.95. The van der Waals surface area contributed by atoms with Gasteiger partial charge in [-0.05, 0) is 18.1 Å². The monoisotopic (exact) mass is 242 g/mol. The van der Waals surface area contributed by atoms with E-state index in [1.54, 1.807) is 12.2 Å². The Kier molecular flexibility index (Phi) is 4.28. The average molecular weight is 243 g/mol. The van der Waals surface area contributed by atoms with E-state index < -0.39 is 4.92 Å². The molecule has 0 saturated heterocycles. The van der Waals surface area contributed by atoms with Gasteiger partial charge in [-0.1, -0.05) is 23.8 Å². The molecule has 0 unspecified atom stereocenters. The molecule has 0 saturated carbocycles. The Bertz CT molecular complexity index is 432. The Morgan fingerprint density at radius 2 is 2.25 bits per heavy atom. The maximum Gasteiger partial charge on any atom is 0.292 e. The highest BCUT2D eigenvalue weighted by Gasteiger charge is 2.13. The number of nitro benzene ring substituents is 1. The van der Waals surface area contributed by atoms with Crippen LogP contribution in [0.25, 0.3) is 6.08 Å². The van der Waals surface area contributed by atoms with E-state index in [0.717, 1.165) is 0 Å². The van der Waals surface area contributed by atoms with Gasteiger partial charge in [-0.2, -0.15) is 0 Å². The highest BCUT2D eigenvalue weighted by molar-refractivity contribution is 6.32. The van der Waals surface area contributed by atoms with Crippen LogP contribution in [0, 0.1) is 10.1 Å². The highest BCUT2D eigenvalue weighted by Crippen LogP contribution is 2.29. The first kappa shape index (κ1) is 12.5. The van der Waals surface area contributed by atoms with Crippen molar-refractivity contribution in [3.05, 3.63) is 38.9 Å². The molecule has 0 bridgehead atoms. The van der Waals surface area contributed by atoms with Gasteiger partial charge >= 0.3 is 0 Å². The second kappa shape index (κ2) is 5.48. The van der Waals surface area contributed by atoms with E-state index in [-0.39, 0.29) is 18.0 Å². The number of anilines is 1. The van der Waals surface area contributed by atoms with Crippen LogP contribution in [0.1, 0.15) is 12.0 Å². The number of benzene rings is 1. The fourth-order valence-corrected chi connectivity index (χ4v) is 1.40. The first-order valence-corrected chi connectivity index (χ1v) is 4.95. The minimum absolute atomic E-state index is 0.0190. The summed E-state index contributed by atoms with van der Waals surface area (Å²) in [6.45, 7) is 0.0190. The summed E-state index contributed by atoms with van der Waals surface area (Å²) < 4.78 is 0. The third-order valence-electron chi connectivity index (χ3n) is 1.94. The fourth-order valence-electron chi connectivity index (χ4n) is 1.16. The van der Waals surface area contributed by atoms with Gasteiger partial charge in [0.15, 0.2) is 0 Å². The largest absolute Gasteiger partial charge is 0.396 e. The van der Waals surface area contributed by atoms with Crippen molar-refractivity contribution >= 4 is 29.1 Å². The van der Waals surface area contributed by atoms with E-state index in [9.17, 15) is 10.1 Å². The second-order valence-electron chi connectivity index (χ2n) is 3.10. The van der Waals surface area contributed by atoms with Gasteiger partial charge < -0.3 is 10.8 Å². The molecule has 0 heterocycles. The van der Waals surface area contributed by atoms with E-state index in [0.29, 0.717) is 17.0 Å². The van der Waals surface area contributed by atoms with Crippen LogP contribution in [0.5, 0.6) is 0 Å². The molecule has 0 fully saturated rings. The molecule has 0 amide bonds. The molecule has 0 aromatic heterocycles. The molecule has 16 heavy (non-hydrogen) atoms.